The van der Waals surface area contributed by atoms with E-state index in [9.17, 15) is 14.4 Å². The van der Waals surface area contributed by atoms with Gasteiger partial charge in [-0.25, -0.2) is 14.8 Å². The summed E-state index contributed by atoms with van der Waals surface area (Å²) in [5.41, 5.74) is 4.96. The lowest BCUT2D eigenvalue weighted by Crippen LogP contribution is -2.42. The molecular weight excluding hydrogens is 681 g/mol. The predicted octanol–water partition coefficient (Wildman–Crippen LogP) is 5.93. The molecule has 4 unspecified atom stereocenters. The first-order valence-electron chi connectivity index (χ1n) is 18.2. The van der Waals surface area contributed by atoms with Gasteiger partial charge in [-0.3, -0.25) is 14.5 Å². The lowest BCUT2D eigenvalue weighted by Gasteiger charge is -2.31. The fourth-order valence-electron chi connectivity index (χ4n) is 7.45. The summed E-state index contributed by atoms with van der Waals surface area (Å²) >= 11 is 0. The van der Waals surface area contributed by atoms with Crippen molar-refractivity contribution in [1.82, 2.24) is 40.0 Å². The number of methoxy groups -OCH3 is 1. The number of imidazole rings is 2. The van der Waals surface area contributed by atoms with Crippen LogP contribution in [0.2, 0.25) is 0 Å². The van der Waals surface area contributed by atoms with Gasteiger partial charge in [-0.05, 0) is 74.5 Å². The molecule has 0 saturated carbocycles. The van der Waals surface area contributed by atoms with Crippen LogP contribution in [0.25, 0.3) is 11.3 Å². The molecule has 2 aliphatic rings. The maximum absolute atomic E-state index is 13.9. The molecule has 276 valence electrons. The molecule has 12 nitrogen and oxygen atoms in total. The minimum Gasteiger partial charge on any atom is -0.453 e. The average Bonchev–Trinajstić information content (AvgIpc) is 4.04. The van der Waals surface area contributed by atoms with E-state index in [4.69, 9.17) is 9.72 Å². The molecule has 2 aliphatic heterocycles. The van der Waals surface area contributed by atoms with Crippen molar-refractivity contribution >= 4 is 17.9 Å². The second kappa shape index (κ2) is 16.2. The molecule has 0 radical (unpaired) electrons. The number of nitrogens with zero attached hydrogens (tertiary/aromatic N) is 5. The topological polar surface area (TPSA) is 140 Å². The van der Waals surface area contributed by atoms with Crippen molar-refractivity contribution in [1.29, 1.82) is 0 Å². The Labute approximate surface area is 315 Å². The van der Waals surface area contributed by atoms with E-state index in [-0.39, 0.29) is 29.9 Å². The Hall–Kier alpha value is -6.19. The molecule has 3 N–H and O–H groups in total. The molecule has 0 aliphatic carbocycles. The number of likely N-dealkylation sites (N-methyl/N-ethyl adjacent to an activating group) is 1. The number of carbonyl (C=O) groups excluding carboxylic acids is 3. The maximum Gasteiger partial charge on any atom is 0.407 e. The Balaban J connectivity index is 1.01. The number of aromatic nitrogens is 4. The van der Waals surface area contributed by atoms with E-state index in [1.165, 1.54) is 7.11 Å². The number of carbonyl (C=O) groups is 3. The van der Waals surface area contributed by atoms with Crippen molar-refractivity contribution in [2.75, 3.05) is 34.3 Å². The highest BCUT2D eigenvalue weighted by molar-refractivity contribution is 5.87. The van der Waals surface area contributed by atoms with Crippen LogP contribution >= 0.6 is 0 Å². The summed E-state index contributed by atoms with van der Waals surface area (Å²) in [6, 6.07) is 25.3. The Morgan fingerprint density at radius 2 is 1.37 bits per heavy atom. The zero-order chi connectivity index (χ0) is 37.6. The van der Waals surface area contributed by atoms with Crippen LogP contribution in [-0.4, -0.2) is 86.8 Å². The monoisotopic (exact) mass is 724 g/mol. The molecule has 2 fully saturated rings. The molecule has 2 aromatic heterocycles. The van der Waals surface area contributed by atoms with E-state index in [1.54, 1.807) is 11.1 Å². The second-order valence-corrected chi connectivity index (χ2v) is 13.8. The summed E-state index contributed by atoms with van der Waals surface area (Å²) in [5, 5.41) is 2.69. The lowest BCUT2D eigenvalue weighted by molar-refractivity contribution is -0.137. The third kappa shape index (κ3) is 7.77. The number of likely N-dealkylation sites (tertiary alicyclic amines) is 2. The standard InChI is InChI=1S/C42H44N8O4/c1-48(2)37(31-14-8-5-9-15-31)41(52)50-25-11-17-35(50)39-44-27-33(46-39)29-21-18-28(19-22-29)20-23-32-26-43-38(45-32)34-16-10-24-49(34)40(51)36(47-42(53)54-3)30-12-6-4-7-13-30/h4-9,12-15,18-19,21-22,26-27,34-37H,10-11,16-17,24-25H2,1-3H3,(H,43,45)(H,44,46)(H,47,53). The Kier molecular flexibility index (Phi) is 10.9. The van der Waals surface area contributed by atoms with Gasteiger partial charge in [0.15, 0.2) is 0 Å². The van der Waals surface area contributed by atoms with E-state index in [1.807, 2.05) is 115 Å². The van der Waals surface area contributed by atoms with Crippen LogP contribution in [0.15, 0.2) is 97.3 Å². The van der Waals surface area contributed by atoms with Gasteiger partial charge >= 0.3 is 6.09 Å². The van der Waals surface area contributed by atoms with E-state index in [0.717, 1.165) is 53.9 Å². The normalized spacial score (nSPS) is 17.9. The highest BCUT2D eigenvalue weighted by Gasteiger charge is 2.38. The van der Waals surface area contributed by atoms with Gasteiger partial charge in [0.1, 0.15) is 29.4 Å². The van der Waals surface area contributed by atoms with Crippen molar-refractivity contribution in [3.05, 3.63) is 131 Å². The minimum absolute atomic E-state index is 0.0812. The van der Waals surface area contributed by atoms with E-state index >= 15 is 0 Å². The summed E-state index contributed by atoms with van der Waals surface area (Å²) in [6.07, 6.45) is 6.16. The molecular formula is C42H44N8O4. The van der Waals surface area contributed by atoms with Crippen molar-refractivity contribution in [3.63, 3.8) is 0 Å². The maximum atomic E-state index is 13.9. The summed E-state index contributed by atoms with van der Waals surface area (Å²) in [5.74, 6) is 7.68. The number of aromatic amines is 2. The van der Waals surface area contributed by atoms with Gasteiger partial charge in [-0.15, -0.1) is 0 Å². The van der Waals surface area contributed by atoms with Crippen LogP contribution in [0.5, 0.6) is 0 Å². The number of amides is 3. The van der Waals surface area contributed by atoms with Gasteiger partial charge in [-0.1, -0.05) is 78.7 Å². The van der Waals surface area contributed by atoms with Crippen LogP contribution in [0.4, 0.5) is 4.79 Å². The number of hydrogen-bond acceptors (Lipinski definition) is 7. The molecule has 2 saturated heterocycles. The predicted molar refractivity (Wildman–Crippen MR) is 204 cm³/mol. The number of benzene rings is 3. The zero-order valence-electron chi connectivity index (χ0n) is 30.7. The number of rotatable bonds is 9. The molecule has 4 atom stereocenters. The van der Waals surface area contributed by atoms with Crippen molar-refractivity contribution in [2.45, 2.75) is 49.9 Å². The third-order valence-corrected chi connectivity index (χ3v) is 10.1. The first-order valence-corrected chi connectivity index (χ1v) is 18.2. The smallest absolute Gasteiger partial charge is 0.407 e. The van der Waals surface area contributed by atoms with Crippen LogP contribution in [0, 0.1) is 11.8 Å². The quantitative estimate of drug-likeness (QED) is 0.160. The summed E-state index contributed by atoms with van der Waals surface area (Å²) in [4.78, 5) is 61.6. The number of nitrogens with one attached hydrogen (secondary N) is 3. The van der Waals surface area contributed by atoms with Crippen LogP contribution in [0.3, 0.4) is 0 Å². The van der Waals surface area contributed by atoms with E-state index in [0.29, 0.717) is 30.2 Å². The molecule has 3 amide bonds. The molecule has 0 spiro atoms. The Morgan fingerprint density at radius 1 is 0.778 bits per heavy atom. The first-order chi connectivity index (χ1) is 26.3. The molecule has 4 heterocycles. The summed E-state index contributed by atoms with van der Waals surface area (Å²) < 4.78 is 4.81. The van der Waals surface area contributed by atoms with Crippen molar-refractivity contribution in [3.8, 4) is 23.1 Å². The number of hydrogen-bond donors (Lipinski definition) is 3. The average molecular weight is 725 g/mol. The first kappa shape index (κ1) is 36.2. The molecule has 12 heteroatoms. The highest BCUT2D eigenvalue weighted by atomic mass is 16.5. The lowest BCUT2D eigenvalue weighted by atomic mass is 10.0. The van der Waals surface area contributed by atoms with Crippen molar-refractivity contribution in [2.24, 2.45) is 0 Å². The van der Waals surface area contributed by atoms with Crippen LogP contribution in [-0.2, 0) is 14.3 Å². The van der Waals surface area contributed by atoms with Gasteiger partial charge in [0, 0.05) is 18.7 Å². The van der Waals surface area contributed by atoms with Crippen LogP contribution in [0.1, 0.15) is 83.9 Å². The van der Waals surface area contributed by atoms with Gasteiger partial charge in [-0.2, -0.15) is 0 Å². The third-order valence-electron chi connectivity index (χ3n) is 10.1. The van der Waals surface area contributed by atoms with Gasteiger partial charge in [0.05, 0.1) is 37.3 Å². The molecule has 3 aromatic carbocycles. The molecule has 5 aromatic rings. The van der Waals surface area contributed by atoms with E-state index < -0.39 is 12.1 Å². The number of H-pyrrole nitrogens is 2. The Morgan fingerprint density at radius 3 is 2.00 bits per heavy atom. The summed E-state index contributed by atoms with van der Waals surface area (Å²) in [7, 11) is 5.16. The zero-order valence-corrected chi connectivity index (χ0v) is 30.7. The van der Waals surface area contributed by atoms with Gasteiger partial charge in [0.25, 0.3) is 5.91 Å². The van der Waals surface area contributed by atoms with Crippen molar-refractivity contribution < 1.29 is 19.1 Å². The summed E-state index contributed by atoms with van der Waals surface area (Å²) in [6.45, 7) is 1.24. The molecule has 0 bridgehead atoms. The Bertz CT molecular complexity index is 2130. The van der Waals surface area contributed by atoms with E-state index in [2.05, 4.69) is 32.1 Å². The largest absolute Gasteiger partial charge is 0.453 e. The number of alkyl carbamates (subject to hydrolysis) is 1. The fraction of sp³-hybridized carbons (Fsp3) is 0.310. The minimum atomic E-state index is -0.882. The number of ether oxygens (including phenoxy) is 1. The van der Waals surface area contributed by atoms with Crippen LogP contribution < -0.4 is 5.32 Å². The second-order valence-electron chi connectivity index (χ2n) is 13.8. The fourth-order valence-corrected chi connectivity index (χ4v) is 7.45. The molecule has 54 heavy (non-hydrogen) atoms. The highest BCUT2D eigenvalue weighted by Crippen LogP contribution is 2.36. The van der Waals surface area contributed by atoms with Gasteiger partial charge in [0.2, 0.25) is 5.91 Å². The molecule has 7 rings (SSSR count). The SMILES string of the molecule is COC(=O)NC(C(=O)N1CCCC1c1ncc(C#Cc2ccc(-c3cnc(C4CCCN4C(=O)C(c4ccccc4)N(C)C)[nH]3)cc2)[nH]1)c1ccccc1. The van der Waals surface area contributed by atoms with Gasteiger partial charge < -0.3 is 29.8 Å².